The first-order chi connectivity index (χ1) is 16.6. The predicted molar refractivity (Wildman–Crippen MR) is 129 cm³/mol. The maximum Gasteiger partial charge on any atom is 0.416 e. The Morgan fingerprint density at radius 2 is 1.82 bits per heavy atom. The lowest BCUT2D eigenvalue weighted by Crippen LogP contribution is -2.48. The van der Waals surface area contributed by atoms with Gasteiger partial charge in [-0.2, -0.15) is 5.10 Å². The molecule has 0 aromatic heterocycles. The van der Waals surface area contributed by atoms with Gasteiger partial charge in [0.25, 0.3) is 5.91 Å². The molecule has 2 heterocycles. The summed E-state index contributed by atoms with van der Waals surface area (Å²) in [5.41, 5.74) is 2.95. The fraction of sp³-hybridized carbons (Fsp3) is 0.192. The Balaban J connectivity index is 1.72. The van der Waals surface area contributed by atoms with E-state index in [2.05, 4.69) is 0 Å². The van der Waals surface area contributed by atoms with E-state index in [1.165, 1.54) is 0 Å². The Morgan fingerprint density at radius 1 is 1.06 bits per heavy atom. The van der Waals surface area contributed by atoms with Crippen molar-refractivity contribution in [2.45, 2.75) is 12.0 Å². The minimum atomic E-state index is -0.835. The molecule has 3 aromatic rings. The average Bonchev–Trinajstić information content (AvgIpc) is 3.48. The van der Waals surface area contributed by atoms with E-state index in [1.54, 1.807) is 18.2 Å². The van der Waals surface area contributed by atoms with Gasteiger partial charge in [-0.15, -0.1) is 0 Å². The highest BCUT2D eigenvalue weighted by molar-refractivity contribution is 6.31. The third-order valence-electron chi connectivity index (χ3n) is 5.98. The minimum absolute atomic E-state index is 0.171. The van der Waals surface area contributed by atoms with Crippen LogP contribution in [0.3, 0.4) is 0 Å². The molecule has 0 saturated carbocycles. The minimum Gasteiger partial charge on any atom is -0.496 e. The van der Waals surface area contributed by atoms with E-state index in [1.807, 2.05) is 72.8 Å². The largest absolute Gasteiger partial charge is 0.496 e. The summed E-state index contributed by atoms with van der Waals surface area (Å²) in [5, 5.41) is 7.18. The lowest BCUT2D eigenvalue weighted by molar-refractivity contribution is -0.129. The van der Waals surface area contributed by atoms with Crippen LogP contribution in [0.4, 0.5) is 10.5 Å². The average molecular weight is 476 g/mol. The number of methoxy groups -OCH3 is 1. The molecule has 34 heavy (non-hydrogen) atoms. The number of hydrazone groups is 1. The van der Waals surface area contributed by atoms with Crippen molar-refractivity contribution in [3.63, 3.8) is 0 Å². The molecule has 2 aliphatic rings. The second-order valence-electron chi connectivity index (χ2n) is 7.94. The van der Waals surface area contributed by atoms with Crippen molar-refractivity contribution in [2.75, 3.05) is 25.3 Å². The summed E-state index contributed by atoms with van der Waals surface area (Å²) in [6, 6.07) is 23.5. The summed E-state index contributed by atoms with van der Waals surface area (Å²) in [6.45, 7) is 0.367. The molecule has 8 heteroatoms. The Kier molecular flexibility index (Phi) is 5.94. The molecule has 7 nitrogen and oxygen atoms in total. The molecule has 0 N–H and O–H groups in total. The van der Waals surface area contributed by atoms with Crippen molar-refractivity contribution >= 4 is 35.0 Å². The van der Waals surface area contributed by atoms with Gasteiger partial charge in [0.2, 0.25) is 0 Å². The molecule has 1 fully saturated rings. The Morgan fingerprint density at radius 3 is 2.53 bits per heavy atom. The van der Waals surface area contributed by atoms with Crippen LogP contribution in [0, 0.1) is 0 Å². The summed E-state index contributed by atoms with van der Waals surface area (Å²) in [7, 11) is 1.59. The van der Waals surface area contributed by atoms with Crippen molar-refractivity contribution in [1.82, 2.24) is 4.90 Å². The Bertz CT molecular complexity index is 1260. The van der Waals surface area contributed by atoms with Crippen LogP contribution in [0.1, 0.15) is 17.0 Å². The maximum absolute atomic E-state index is 13.9. The van der Waals surface area contributed by atoms with Crippen molar-refractivity contribution in [3.8, 4) is 5.75 Å². The maximum atomic E-state index is 13.9. The first-order valence-corrected chi connectivity index (χ1v) is 11.3. The number of benzene rings is 3. The van der Waals surface area contributed by atoms with E-state index in [-0.39, 0.29) is 19.1 Å². The van der Waals surface area contributed by atoms with Gasteiger partial charge in [-0.25, -0.2) is 9.69 Å². The molecule has 0 radical (unpaired) electrons. The molecule has 2 amide bonds. The zero-order valence-corrected chi connectivity index (χ0v) is 19.2. The lowest BCUT2D eigenvalue weighted by Gasteiger charge is -2.30. The van der Waals surface area contributed by atoms with Crippen LogP contribution in [0.5, 0.6) is 5.75 Å². The number of hydrogen-bond donors (Lipinski definition) is 0. The highest BCUT2D eigenvalue weighted by Gasteiger charge is 2.48. The number of para-hydroxylation sites is 2. The van der Waals surface area contributed by atoms with Crippen LogP contribution in [0.2, 0.25) is 5.02 Å². The zero-order chi connectivity index (χ0) is 23.7. The van der Waals surface area contributed by atoms with E-state index in [4.69, 9.17) is 26.2 Å². The van der Waals surface area contributed by atoms with Crippen LogP contribution in [-0.2, 0) is 9.53 Å². The number of imide groups is 1. The second kappa shape index (κ2) is 9.19. The molecule has 3 aromatic carbocycles. The number of ether oxygens (including phenoxy) is 2. The highest BCUT2D eigenvalue weighted by Crippen LogP contribution is 2.41. The molecule has 2 atom stereocenters. The van der Waals surface area contributed by atoms with Crippen molar-refractivity contribution in [1.29, 1.82) is 0 Å². The van der Waals surface area contributed by atoms with Crippen molar-refractivity contribution in [3.05, 3.63) is 95.0 Å². The number of nitrogens with zero attached hydrogens (tertiary/aromatic N) is 3. The van der Waals surface area contributed by atoms with Gasteiger partial charge in [-0.3, -0.25) is 9.80 Å². The van der Waals surface area contributed by atoms with Gasteiger partial charge < -0.3 is 9.47 Å². The topological polar surface area (TPSA) is 71.4 Å². The normalized spacial score (nSPS) is 19.7. The van der Waals surface area contributed by atoms with E-state index < -0.39 is 18.1 Å². The molecule has 172 valence electrons. The van der Waals surface area contributed by atoms with Gasteiger partial charge in [0.1, 0.15) is 18.4 Å². The molecular formula is C26H22ClN3O4. The van der Waals surface area contributed by atoms with E-state index in [0.717, 1.165) is 21.7 Å². The Labute approximate surface area is 202 Å². The van der Waals surface area contributed by atoms with E-state index in [9.17, 15) is 9.59 Å². The van der Waals surface area contributed by atoms with Crippen molar-refractivity contribution in [2.24, 2.45) is 5.10 Å². The molecule has 1 saturated heterocycles. The third-order valence-corrected chi connectivity index (χ3v) is 6.22. The number of hydrogen-bond acceptors (Lipinski definition) is 6. The van der Waals surface area contributed by atoms with E-state index in [0.29, 0.717) is 16.5 Å². The van der Waals surface area contributed by atoms with Gasteiger partial charge in [0.15, 0.2) is 0 Å². The first kappa shape index (κ1) is 22.0. The number of cyclic esters (lactones) is 1. The number of halogens is 1. The number of rotatable bonds is 5. The highest BCUT2D eigenvalue weighted by atomic mass is 35.5. The molecule has 2 aliphatic heterocycles. The van der Waals surface area contributed by atoms with Crippen LogP contribution >= 0.6 is 11.6 Å². The van der Waals surface area contributed by atoms with Crippen molar-refractivity contribution < 1.29 is 19.1 Å². The van der Waals surface area contributed by atoms with Crippen LogP contribution in [0.25, 0.3) is 0 Å². The zero-order valence-electron chi connectivity index (χ0n) is 18.4. The summed E-state index contributed by atoms with van der Waals surface area (Å²) in [6.07, 6.45) is -0.645. The Hall–Kier alpha value is -3.84. The number of amides is 2. The van der Waals surface area contributed by atoms with Crippen LogP contribution in [0.15, 0.2) is 84.0 Å². The summed E-state index contributed by atoms with van der Waals surface area (Å²) < 4.78 is 10.7. The third kappa shape index (κ3) is 3.88. The molecule has 0 aliphatic carbocycles. The molecular weight excluding hydrogens is 454 g/mol. The molecule has 0 spiro atoms. The lowest BCUT2D eigenvalue weighted by atomic mass is 9.83. The fourth-order valence-electron chi connectivity index (χ4n) is 4.46. The predicted octanol–water partition coefficient (Wildman–Crippen LogP) is 4.70. The molecule has 0 bridgehead atoms. The summed E-state index contributed by atoms with van der Waals surface area (Å²) in [5.74, 6) is -0.294. The number of anilines is 1. The second-order valence-corrected chi connectivity index (χ2v) is 8.38. The van der Waals surface area contributed by atoms with Gasteiger partial charge in [0, 0.05) is 10.6 Å². The summed E-state index contributed by atoms with van der Waals surface area (Å²) in [4.78, 5) is 27.4. The van der Waals surface area contributed by atoms with Gasteiger partial charge in [-0.1, -0.05) is 60.1 Å². The van der Waals surface area contributed by atoms with Gasteiger partial charge >= 0.3 is 6.09 Å². The van der Waals surface area contributed by atoms with Crippen LogP contribution < -0.4 is 9.75 Å². The summed E-state index contributed by atoms with van der Waals surface area (Å²) >= 11 is 6.32. The van der Waals surface area contributed by atoms with Gasteiger partial charge in [-0.05, 0) is 35.9 Å². The molecule has 0 unspecified atom stereocenters. The SMILES string of the molecule is COc1ccccc1[C@H]1C(c2cccc(Cl)c2)=NN(c2ccccc2)[C@@H]1C(=O)N1CCOC1=O. The van der Waals surface area contributed by atoms with E-state index >= 15 is 0 Å². The fourth-order valence-corrected chi connectivity index (χ4v) is 4.65. The molecule has 5 rings (SSSR count). The van der Waals surface area contributed by atoms with Crippen LogP contribution in [-0.4, -0.2) is 48.9 Å². The van der Waals surface area contributed by atoms with Gasteiger partial charge in [0.05, 0.1) is 31.0 Å². The quantitative estimate of drug-likeness (QED) is 0.534. The smallest absolute Gasteiger partial charge is 0.416 e. The number of carbonyl (C=O) groups excluding carboxylic acids is 2. The first-order valence-electron chi connectivity index (χ1n) is 10.9. The monoisotopic (exact) mass is 475 g/mol. The number of carbonyl (C=O) groups is 2. The standard InChI is InChI=1S/C26H22ClN3O4/c1-33-21-13-6-5-12-20(21)22-23(17-8-7-9-18(27)16-17)28-30(19-10-3-2-4-11-19)24(22)25(31)29-14-15-34-26(29)32/h2-13,16,22,24H,14-15H2,1H3/t22-,24-/m0/s1.